The van der Waals surface area contributed by atoms with Crippen LogP contribution in [0.4, 0.5) is 0 Å². The van der Waals surface area contributed by atoms with E-state index in [0.717, 1.165) is 14.8 Å². The molecule has 4 heteroatoms. The topological polar surface area (TPSA) is 28.7 Å². The van der Waals surface area contributed by atoms with Crippen molar-refractivity contribution in [3.8, 4) is 0 Å². The minimum absolute atomic E-state index is 0.782. The molecule has 1 heterocycles. The summed E-state index contributed by atoms with van der Waals surface area (Å²) in [5.74, 6) is 0. The maximum atomic E-state index is 3.86. The summed E-state index contributed by atoms with van der Waals surface area (Å²) in [6, 6.07) is 0. The summed E-state index contributed by atoms with van der Waals surface area (Å²) in [7, 11) is 0. The van der Waals surface area contributed by atoms with Gasteiger partial charge < -0.3 is 0 Å². The summed E-state index contributed by atoms with van der Waals surface area (Å²) in [5.41, 5.74) is 0.954. The number of aromatic nitrogens is 2. The van der Waals surface area contributed by atoms with E-state index in [2.05, 4.69) is 48.6 Å². The van der Waals surface area contributed by atoms with Gasteiger partial charge in [-0.2, -0.15) is 5.10 Å². The molecule has 0 atom stereocenters. The molecule has 2 nitrogen and oxygen atoms in total. The molecule has 0 unspecified atom stereocenters. The van der Waals surface area contributed by atoms with E-state index in [1.54, 1.807) is 6.08 Å². The van der Waals surface area contributed by atoms with E-state index in [1.165, 1.54) is 0 Å². The van der Waals surface area contributed by atoms with Gasteiger partial charge in [0.15, 0.2) is 0 Å². The number of aromatic amines is 1. The van der Waals surface area contributed by atoms with Gasteiger partial charge in [0.25, 0.3) is 0 Å². The molecule has 1 aromatic rings. The second-order valence-electron chi connectivity index (χ2n) is 1.45. The standard InChI is InChI=1S/C5H4Br2N2/c1-2-3-4(6)8-9-5(3)7/h2H,1H2,(H,8,9). The average molecular weight is 252 g/mol. The van der Waals surface area contributed by atoms with E-state index in [4.69, 9.17) is 0 Å². The Labute approximate surface area is 69.6 Å². The summed E-state index contributed by atoms with van der Waals surface area (Å²) in [5, 5.41) is 6.60. The third kappa shape index (κ3) is 1.24. The number of hydrogen-bond acceptors (Lipinski definition) is 1. The zero-order valence-corrected chi connectivity index (χ0v) is 7.66. The van der Waals surface area contributed by atoms with E-state index in [0.29, 0.717) is 0 Å². The third-order valence-electron chi connectivity index (χ3n) is 0.915. The first-order chi connectivity index (χ1) is 4.25. The highest BCUT2D eigenvalue weighted by molar-refractivity contribution is 9.11. The van der Waals surface area contributed by atoms with Crippen LogP contribution in [0, 0.1) is 0 Å². The molecule has 0 saturated carbocycles. The van der Waals surface area contributed by atoms with Crippen molar-refractivity contribution in [2.24, 2.45) is 0 Å². The fraction of sp³-hybridized carbons (Fsp3) is 0. The molecule has 48 valence electrons. The highest BCUT2D eigenvalue weighted by atomic mass is 79.9. The first-order valence-electron chi connectivity index (χ1n) is 2.27. The van der Waals surface area contributed by atoms with Gasteiger partial charge in [-0.25, -0.2) is 0 Å². The lowest BCUT2D eigenvalue weighted by Crippen LogP contribution is -1.65. The van der Waals surface area contributed by atoms with Crippen molar-refractivity contribution in [1.29, 1.82) is 0 Å². The van der Waals surface area contributed by atoms with Crippen LogP contribution in [0.25, 0.3) is 6.08 Å². The number of nitrogens with zero attached hydrogens (tertiary/aromatic N) is 1. The number of rotatable bonds is 1. The summed E-state index contributed by atoms with van der Waals surface area (Å²) in [6.45, 7) is 3.60. The molecule has 0 aliphatic carbocycles. The van der Waals surface area contributed by atoms with Crippen LogP contribution in [0.3, 0.4) is 0 Å². The Morgan fingerprint density at radius 3 is 2.44 bits per heavy atom. The highest BCUT2D eigenvalue weighted by Crippen LogP contribution is 2.22. The monoisotopic (exact) mass is 250 g/mol. The smallest absolute Gasteiger partial charge is 0.136 e. The van der Waals surface area contributed by atoms with E-state index in [9.17, 15) is 0 Å². The molecule has 9 heavy (non-hydrogen) atoms. The molecule has 0 bridgehead atoms. The van der Waals surface area contributed by atoms with Crippen LogP contribution < -0.4 is 0 Å². The molecule has 1 aromatic heterocycles. The van der Waals surface area contributed by atoms with Crippen LogP contribution in [0.15, 0.2) is 15.8 Å². The first kappa shape index (κ1) is 7.02. The van der Waals surface area contributed by atoms with Gasteiger partial charge in [-0.15, -0.1) is 0 Å². The minimum Gasteiger partial charge on any atom is -0.270 e. The van der Waals surface area contributed by atoms with Crippen molar-refractivity contribution < 1.29 is 0 Å². The van der Waals surface area contributed by atoms with Crippen molar-refractivity contribution in [3.63, 3.8) is 0 Å². The van der Waals surface area contributed by atoms with Crippen molar-refractivity contribution >= 4 is 37.9 Å². The van der Waals surface area contributed by atoms with E-state index >= 15 is 0 Å². The Kier molecular flexibility index (Phi) is 2.08. The number of halogens is 2. The van der Waals surface area contributed by atoms with E-state index < -0.39 is 0 Å². The largest absolute Gasteiger partial charge is 0.270 e. The van der Waals surface area contributed by atoms with Crippen LogP contribution in [0.2, 0.25) is 0 Å². The summed E-state index contributed by atoms with van der Waals surface area (Å²) >= 11 is 6.49. The summed E-state index contributed by atoms with van der Waals surface area (Å²) in [6.07, 6.45) is 1.72. The molecule has 0 fully saturated rings. The van der Waals surface area contributed by atoms with Gasteiger partial charge in [0, 0.05) is 5.56 Å². The molecule has 0 amide bonds. The summed E-state index contributed by atoms with van der Waals surface area (Å²) < 4.78 is 1.63. The highest BCUT2D eigenvalue weighted by Gasteiger charge is 2.02. The molecule has 0 spiro atoms. The predicted octanol–water partition coefficient (Wildman–Crippen LogP) is 2.58. The summed E-state index contributed by atoms with van der Waals surface area (Å²) in [4.78, 5) is 0. The zero-order chi connectivity index (χ0) is 6.85. The Morgan fingerprint density at radius 1 is 1.56 bits per heavy atom. The maximum Gasteiger partial charge on any atom is 0.136 e. The number of hydrogen-bond donors (Lipinski definition) is 1. The van der Waals surface area contributed by atoms with Gasteiger partial charge in [-0.05, 0) is 31.9 Å². The van der Waals surface area contributed by atoms with Crippen molar-refractivity contribution in [3.05, 3.63) is 21.3 Å². The van der Waals surface area contributed by atoms with Gasteiger partial charge in [-0.1, -0.05) is 12.7 Å². The molecule has 0 radical (unpaired) electrons. The lowest BCUT2D eigenvalue weighted by molar-refractivity contribution is 1.05. The van der Waals surface area contributed by atoms with Crippen LogP contribution in [0.1, 0.15) is 5.56 Å². The van der Waals surface area contributed by atoms with Crippen molar-refractivity contribution in [2.75, 3.05) is 0 Å². The van der Waals surface area contributed by atoms with Gasteiger partial charge in [0.2, 0.25) is 0 Å². The maximum absolute atomic E-state index is 3.86. The lowest BCUT2D eigenvalue weighted by atomic mass is 10.4. The van der Waals surface area contributed by atoms with E-state index in [-0.39, 0.29) is 0 Å². The van der Waals surface area contributed by atoms with Crippen LogP contribution >= 0.6 is 31.9 Å². The van der Waals surface area contributed by atoms with Crippen LogP contribution in [-0.2, 0) is 0 Å². The zero-order valence-electron chi connectivity index (χ0n) is 4.49. The molecule has 0 aliphatic heterocycles. The fourth-order valence-electron chi connectivity index (χ4n) is 0.483. The predicted molar refractivity (Wildman–Crippen MR) is 44.1 cm³/mol. The first-order valence-corrected chi connectivity index (χ1v) is 3.86. The van der Waals surface area contributed by atoms with Gasteiger partial charge in [0.05, 0.1) is 0 Å². The molecule has 0 aromatic carbocycles. The lowest BCUT2D eigenvalue weighted by Gasteiger charge is -1.83. The molecule has 0 aliphatic rings. The minimum atomic E-state index is 0.782. The Balaban J connectivity index is 3.22. The second-order valence-corrected chi connectivity index (χ2v) is 2.99. The Morgan fingerprint density at radius 2 is 2.22 bits per heavy atom. The molecule has 1 N–H and O–H groups in total. The average Bonchev–Trinajstić information content (AvgIpc) is 2.12. The fourth-order valence-corrected chi connectivity index (χ4v) is 1.64. The van der Waals surface area contributed by atoms with Gasteiger partial charge >= 0.3 is 0 Å². The normalized spacial score (nSPS) is 9.56. The van der Waals surface area contributed by atoms with E-state index in [1.807, 2.05) is 0 Å². The van der Waals surface area contributed by atoms with Gasteiger partial charge in [-0.3, -0.25) is 5.10 Å². The SMILES string of the molecule is C=Cc1c(Br)n[nH]c1Br. The van der Waals surface area contributed by atoms with Crippen LogP contribution in [0.5, 0.6) is 0 Å². The Hall–Kier alpha value is -0.0900. The molecule has 1 rings (SSSR count). The quantitative estimate of drug-likeness (QED) is 0.817. The molecular formula is C5H4Br2N2. The molecular weight excluding hydrogens is 248 g/mol. The number of H-pyrrole nitrogens is 1. The Bertz CT molecular complexity index is 209. The number of nitrogens with one attached hydrogen (secondary N) is 1. The second kappa shape index (κ2) is 2.66. The van der Waals surface area contributed by atoms with Gasteiger partial charge in [0.1, 0.15) is 9.21 Å². The molecule has 0 saturated heterocycles. The third-order valence-corrected chi connectivity index (χ3v) is 2.12. The van der Waals surface area contributed by atoms with Crippen molar-refractivity contribution in [2.45, 2.75) is 0 Å². The van der Waals surface area contributed by atoms with Crippen molar-refractivity contribution in [1.82, 2.24) is 10.2 Å². The van der Waals surface area contributed by atoms with Crippen LogP contribution in [-0.4, -0.2) is 10.2 Å².